The smallest absolute Gasteiger partial charge is 0.282 e. The summed E-state index contributed by atoms with van der Waals surface area (Å²) in [5.74, 6) is 1.37. The van der Waals surface area contributed by atoms with Crippen LogP contribution in [0, 0.1) is 5.92 Å². The van der Waals surface area contributed by atoms with Crippen LogP contribution in [0.5, 0.6) is 5.75 Å². The Morgan fingerprint density at radius 1 is 1.03 bits per heavy atom. The van der Waals surface area contributed by atoms with E-state index in [1.165, 1.54) is 11.1 Å². The van der Waals surface area contributed by atoms with E-state index in [0.29, 0.717) is 31.6 Å². The molecule has 3 atom stereocenters. The second-order valence-electron chi connectivity index (χ2n) is 9.11. The van der Waals surface area contributed by atoms with Crippen LogP contribution in [0.15, 0.2) is 18.2 Å². The zero-order chi connectivity index (χ0) is 20.0. The number of nitrogens with zero attached hydrogens (tertiary/aromatic N) is 3. The molecule has 0 spiro atoms. The standard InChI is InChI=1S/C22H33N3O3S/c1-28-19-7-8-20-17(14-19)9-13-23-16-18-6-5-12-25(21(18)15-22(20)23)29(26,27)24-10-3-2-4-11-24/h7-8,14,18,21-22H,2-6,9-13,15-16H2,1H3/t18-,21+,22-/m1/s1. The average Bonchev–Trinajstić information content (AvgIpc) is 2.77. The molecule has 5 rings (SSSR count). The minimum atomic E-state index is -3.35. The van der Waals surface area contributed by atoms with Gasteiger partial charge in [-0.2, -0.15) is 17.0 Å². The van der Waals surface area contributed by atoms with Gasteiger partial charge in [0.15, 0.2) is 0 Å². The third kappa shape index (κ3) is 3.50. The van der Waals surface area contributed by atoms with E-state index >= 15 is 0 Å². The summed E-state index contributed by atoms with van der Waals surface area (Å²) in [6.07, 6.45) is 7.23. The largest absolute Gasteiger partial charge is 0.497 e. The fourth-order valence-corrected chi connectivity index (χ4v) is 8.02. The van der Waals surface area contributed by atoms with Crippen molar-refractivity contribution in [2.45, 2.75) is 57.0 Å². The van der Waals surface area contributed by atoms with Gasteiger partial charge in [-0.3, -0.25) is 4.90 Å². The highest BCUT2D eigenvalue weighted by Crippen LogP contribution is 2.44. The monoisotopic (exact) mass is 419 g/mol. The van der Waals surface area contributed by atoms with Gasteiger partial charge in [-0.05, 0) is 67.7 Å². The topological polar surface area (TPSA) is 53.1 Å². The van der Waals surface area contributed by atoms with Crippen LogP contribution in [0.4, 0.5) is 0 Å². The maximum absolute atomic E-state index is 13.5. The van der Waals surface area contributed by atoms with Crippen molar-refractivity contribution in [3.8, 4) is 5.75 Å². The summed E-state index contributed by atoms with van der Waals surface area (Å²) in [6, 6.07) is 6.88. The molecule has 4 heterocycles. The van der Waals surface area contributed by atoms with Crippen LogP contribution < -0.4 is 4.74 Å². The molecule has 0 aliphatic carbocycles. The maximum Gasteiger partial charge on any atom is 0.282 e. The summed E-state index contributed by atoms with van der Waals surface area (Å²) in [6.45, 7) is 4.14. The molecule has 160 valence electrons. The first-order valence-corrected chi connectivity index (χ1v) is 12.7. The van der Waals surface area contributed by atoms with Crippen LogP contribution >= 0.6 is 0 Å². The summed E-state index contributed by atoms with van der Waals surface area (Å²) < 4.78 is 36.1. The lowest BCUT2D eigenvalue weighted by atomic mass is 9.77. The first-order chi connectivity index (χ1) is 14.1. The number of hydrogen-bond acceptors (Lipinski definition) is 4. The molecular formula is C22H33N3O3S. The summed E-state index contributed by atoms with van der Waals surface area (Å²) in [5, 5.41) is 0. The van der Waals surface area contributed by atoms with Gasteiger partial charge in [0.05, 0.1) is 7.11 Å². The van der Waals surface area contributed by atoms with Gasteiger partial charge in [-0.25, -0.2) is 0 Å². The van der Waals surface area contributed by atoms with Crippen molar-refractivity contribution >= 4 is 10.2 Å². The van der Waals surface area contributed by atoms with Crippen molar-refractivity contribution in [3.05, 3.63) is 29.3 Å². The van der Waals surface area contributed by atoms with Crippen molar-refractivity contribution in [2.75, 3.05) is 39.8 Å². The van der Waals surface area contributed by atoms with E-state index in [4.69, 9.17) is 4.74 Å². The Balaban J connectivity index is 1.43. The SMILES string of the molecule is COc1ccc2c(c1)CCN1C[C@H]3CCCN(S(=O)(=O)N4CCCCC4)[C@H]3C[C@H]21. The number of piperidine rings is 3. The van der Waals surface area contributed by atoms with Gasteiger partial charge in [-0.15, -0.1) is 0 Å². The fourth-order valence-electron chi connectivity index (χ4n) is 6.05. The van der Waals surface area contributed by atoms with Gasteiger partial charge in [0.1, 0.15) is 5.75 Å². The van der Waals surface area contributed by atoms with E-state index < -0.39 is 10.2 Å². The zero-order valence-corrected chi connectivity index (χ0v) is 18.2. The second-order valence-corrected chi connectivity index (χ2v) is 11.0. The molecule has 0 amide bonds. The molecule has 7 heteroatoms. The van der Waals surface area contributed by atoms with E-state index in [2.05, 4.69) is 23.1 Å². The molecule has 4 aliphatic heterocycles. The predicted molar refractivity (Wildman–Crippen MR) is 113 cm³/mol. The molecule has 3 fully saturated rings. The minimum absolute atomic E-state index is 0.130. The molecule has 0 bridgehead atoms. The van der Waals surface area contributed by atoms with Gasteiger partial charge in [-0.1, -0.05) is 12.5 Å². The summed E-state index contributed by atoms with van der Waals surface area (Å²) in [7, 11) is -1.64. The highest BCUT2D eigenvalue weighted by molar-refractivity contribution is 7.86. The van der Waals surface area contributed by atoms with Crippen LogP contribution in [0.3, 0.4) is 0 Å². The number of fused-ring (bicyclic) bond motifs is 4. The highest BCUT2D eigenvalue weighted by Gasteiger charge is 2.47. The van der Waals surface area contributed by atoms with Crippen LogP contribution in [0.2, 0.25) is 0 Å². The number of hydrogen-bond donors (Lipinski definition) is 0. The Kier molecular flexibility index (Phi) is 5.35. The molecule has 4 aliphatic rings. The zero-order valence-electron chi connectivity index (χ0n) is 17.4. The quantitative estimate of drug-likeness (QED) is 0.756. The molecule has 0 unspecified atom stereocenters. The Morgan fingerprint density at radius 2 is 1.86 bits per heavy atom. The lowest BCUT2D eigenvalue weighted by molar-refractivity contribution is 0.0194. The molecule has 6 nitrogen and oxygen atoms in total. The fraction of sp³-hybridized carbons (Fsp3) is 0.727. The third-order valence-electron chi connectivity index (χ3n) is 7.56. The van der Waals surface area contributed by atoms with Gasteiger partial charge in [0, 0.05) is 44.8 Å². The molecule has 1 aromatic rings. The van der Waals surface area contributed by atoms with Gasteiger partial charge in [0.2, 0.25) is 0 Å². The highest BCUT2D eigenvalue weighted by atomic mass is 32.2. The average molecular weight is 420 g/mol. The van der Waals surface area contributed by atoms with Gasteiger partial charge < -0.3 is 4.74 Å². The summed E-state index contributed by atoms with van der Waals surface area (Å²) in [4.78, 5) is 2.60. The van der Waals surface area contributed by atoms with Crippen molar-refractivity contribution in [1.29, 1.82) is 0 Å². The number of rotatable bonds is 3. The van der Waals surface area contributed by atoms with Crippen molar-refractivity contribution in [1.82, 2.24) is 13.5 Å². The van der Waals surface area contributed by atoms with Crippen LogP contribution in [0.1, 0.15) is 55.7 Å². The second kappa shape index (κ2) is 7.84. The molecule has 0 N–H and O–H groups in total. The van der Waals surface area contributed by atoms with E-state index in [9.17, 15) is 8.42 Å². The van der Waals surface area contributed by atoms with E-state index in [1.54, 1.807) is 11.4 Å². The molecule has 0 radical (unpaired) electrons. The Hall–Kier alpha value is -1.15. The molecule has 29 heavy (non-hydrogen) atoms. The lowest BCUT2D eigenvalue weighted by Crippen LogP contribution is -2.60. The van der Waals surface area contributed by atoms with Gasteiger partial charge in [0.25, 0.3) is 10.2 Å². The minimum Gasteiger partial charge on any atom is -0.497 e. The van der Waals surface area contributed by atoms with Crippen LogP contribution in [-0.2, 0) is 16.6 Å². The van der Waals surface area contributed by atoms with Crippen molar-refractivity contribution in [2.24, 2.45) is 5.92 Å². The Bertz CT molecular complexity index is 853. The molecule has 0 aromatic heterocycles. The number of benzene rings is 1. The van der Waals surface area contributed by atoms with E-state index in [0.717, 1.165) is 63.8 Å². The molecule has 3 saturated heterocycles. The molecule has 0 saturated carbocycles. The Labute approximate surface area is 175 Å². The molecule has 1 aromatic carbocycles. The van der Waals surface area contributed by atoms with Gasteiger partial charge >= 0.3 is 0 Å². The molecular weight excluding hydrogens is 386 g/mol. The first-order valence-electron chi connectivity index (χ1n) is 11.3. The third-order valence-corrected chi connectivity index (χ3v) is 9.62. The summed E-state index contributed by atoms with van der Waals surface area (Å²) >= 11 is 0. The summed E-state index contributed by atoms with van der Waals surface area (Å²) in [5.41, 5.74) is 2.74. The van der Waals surface area contributed by atoms with E-state index in [-0.39, 0.29) is 6.04 Å². The maximum atomic E-state index is 13.5. The van der Waals surface area contributed by atoms with Crippen molar-refractivity contribution < 1.29 is 13.2 Å². The van der Waals surface area contributed by atoms with Crippen molar-refractivity contribution in [3.63, 3.8) is 0 Å². The van der Waals surface area contributed by atoms with Crippen LogP contribution in [-0.4, -0.2) is 67.8 Å². The van der Waals surface area contributed by atoms with Crippen LogP contribution in [0.25, 0.3) is 0 Å². The number of ether oxygens (including phenoxy) is 1. The predicted octanol–water partition coefficient (Wildman–Crippen LogP) is 2.81. The van der Waals surface area contributed by atoms with E-state index in [1.807, 2.05) is 4.31 Å². The normalized spacial score (nSPS) is 31.6. The Morgan fingerprint density at radius 3 is 2.66 bits per heavy atom. The lowest BCUT2D eigenvalue weighted by Gasteiger charge is -2.52. The first kappa shape index (κ1) is 19.8. The number of methoxy groups -OCH3 is 1.